The molecule has 4 atom stereocenters. The van der Waals surface area contributed by atoms with E-state index >= 15 is 0 Å². The maximum Gasteiger partial charge on any atom is 0.351 e. The van der Waals surface area contributed by atoms with E-state index in [1.807, 2.05) is 60.7 Å². The van der Waals surface area contributed by atoms with Gasteiger partial charge in [-0.3, -0.25) is 4.57 Å². The molecule has 1 aliphatic heterocycles. The second-order valence-corrected chi connectivity index (χ2v) is 8.06. The number of anilines is 1. The van der Waals surface area contributed by atoms with E-state index < -0.39 is 48.0 Å². The summed E-state index contributed by atoms with van der Waals surface area (Å²) >= 11 is 0. The van der Waals surface area contributed by atoms with Gasteiger partial charge in [-0.05, 0) is 11.1 Å². The summed E-state index contributed by atoms with van der Waals surface area (Å²) < 4.78 is 46.9. The lowest BCUT2D eigenvalue weighted by atomic mass is 9.97. The Bertz CT molecular complexity index is 1150. The molecule has 180 valence electrons. The molecule has 3 aromatic rings. The summed E-state index contributed by atoms with van der Waals surface area (Å²) in [7, 11) is 0. The highest BCUT2D eigenvalue weighted by atomic mass is 19.1. The molecule has 3 N–H and O–H groups in total. The maximum atomic E-state index is 14.6. The molecule has 34 heavy (non-hydrogen) atoms. The molecule has 1 aliphatic rings. The molecular weight excluding hydrogens is 448 g/mol. The van der Waals surface area contributed by atoms with Gasteiger partial charge < -0.3 is 25.1 Å². The van der Waals surface area contributed by atoms with Crippen molar-refractivity contribution in [3.63, 3.8) is 0 Å². The van der Waals surface area contributed by atoms with Crippen LogP contribution in [0, 0.1) is 5.82 Å². The van der Waals surface area contributed by atoms with Crippen LogP contribution in [-0.2, 0) is 27.4 Å². The number of aliphatic hydroxyl groups excluding tert-OH is 1. The zero-order valence-electron chi connectivity index (χ0n) is 18.2. The molecule has 8 nitrogen and oxygen atoms in total. The topological polar surface area (TPSA) is 109 Å². The first kappa shape index (κ1) is 24.0. The van der Waals surface area contributed by atoms with Crippen molar-refractivity contribution in [3.8, 4) is 0 Å². The van der Waals surface area contributed by atoms with Gasteiger partial charge in [0.2, 0.25) is 0 Å². The summed E-state index contributed by atoms with van der Waals surface area (Å²) in [4.78, 5) is 15.8. The Morgan fingerprint density at radius 2 is 1.71 bits per heavy atom. The first-order valence-electron chi connectivity index (χ1n) is 10.7. The third-order valence-corrected chi connectivity index (χ3v) is 5.64. The number of nitrogen functional groups attached to an aromatic ring is 1. The molecule has 0 amide bonds. The van der Waals surface area contributed by atoms with E-state index in [1.54, 1.807) is 0 Å². The molecule has 1 fully saturated rings. The van der Waals surface area contributed by atoms with Gasteiger partial charge in [0.25, 0.3) is 0 Å². The standard InChI is InChI=1S/C24H25F2N3O5/c25-14-24(15-32-12-16-7-3-1-4-8-16)20(33-13-17-9-5-2-6-10-17)19(30)22(34-24)29-11-18(26)21(27)28-23(29)31/h1-11,19-20,22,30H,12-15H2,(H2,27,28,31)/t19-,20+,22-,24-/m1/s1. The Balaban J connectivity index is 1.60. The molecule has 0 aliphatic carbocycles. The monoisotopic (exact) mass is 473 g/mol. The van der Waals surface area contributed by atoms with Gasteiger partial charge in [-0.25, -0.2) is 13.6 Å². The Kier molecular flexibility index (Phi) is 7.32. The summed E-state index contributed by atoms with van der Waals surface area (Å²) in [6.07, 6.45) is -3.45. The minimum atomic E-state index is -1.76. The number of nitrogens with zero attached hydrogens (tertiary/aromatic N) is 2. The van der Waals surface area contributed by atoms with Crippen LogP contribution in [-0.4, -0.2) is 45.7 Å². The third-order valence-electron chi connectivity index (χ3n) is 5.64. The van der Waals surface area contributed by atoms with Crippen LogP contribution in [0.3, 0.4) is 0 Å². The Morgan fingerprint density at radius 1 is 1.09 bits per heavy atom. The van der Waals surface area contributed by atoms with Gasteiger partial charge >= 0.3 is 5.69 Å². The lowest BCUT2D eigenvalue weighted by Crippen LogP contribution is -2.50. The Labute approximate surface area is 194 Å². The van der Waals surface area contributed by atoms with Crippen LogP contribution >= 0.6 is 0 Å². The van der Waals surface area contributed by atoms with Crippen LogP contribution in [0.5, 0.6) is 0 Å². The van der Waals surface area contributed by atoms with Crippen molar-refractivity contribution in [2.75, 3.05) is 19.0 Å². The second-order valence-electron chi connectivity index (χ2n) is 8.06. The maximum absolute atomic E-state index is 14.6. The van der Waals surface area contributed by atoms with Crippen LogP contribution in [0.25, 0.3) is 0 Å². The van der Waals surface area contributed by atoms with E-state index in [0.29, 0.717) is 0 Å². The molecule has 2 heterocycles. The zero-order chi connectivity index (χ0) is 24.1. The Morgan fingerprint density at radius 3 is 2.32 bits per heavy atom. The van der Waals surface area contributed by atoms with Gasteiger partial charge in [0.15, 0.2) is 23.5 Å². The van der Waals surface area contributed by atoms with Crippen molar-refractivity contribution >= 4 is 5.82 Å². The summed E-state index contributed by atoms with van der Waals surface area (Å²) in [5.41, 5.74) is 4.28. The first-order chi connectivity index (χ1) is 16.4. The van der Waals surface area contributed by atoms with E-state index in [4.69, 9.17) is 19.9 Å². The number of halogens is 2. The number of hydrogen-bond acceptors (Lipinski definition) is 7. The molecule has 0 radical (unpaired) electrons. The highest BCUT2D eigenvalue weighted by molar-refractivity contribution is 5.26. The van der Waals surface area contributed by atoms with Gasteiger partial charge in [0, 0.05) is 0 Å². The van der Waals surface area contributed by atoms with Crippen molar-refractivity contribution in [1.29, 1.82) is 0 Å². The van der Waals surface area contributed by atoms with Crippen molar-refractivity contribution < 1.29 is 28.1 Å². The molecule has 1 aromatic heterocycles. The van der Waals surface area contributed by atoms with Crippen LogP contribution in [0.15, 0.2) is 71.7 Å². The second kappa shape index (κ2) is 10.4. The fraction of sp³-hybridized carbons (Fsp3) is 0.333. The SMILES string of the molecule is Nc1nc(=O)n([C@@H]2O[C@](CF)(COCc3ccccc3)[C@@H](OCc3ccccc3)[C@H]2O)cc1F. The number of aromatic nitrogens is 2. The van der Waals surface area contributed by atoms with E-state index in [-0.39, 0.29) is 19.8 Å². The van der Waals surface area contributed by atoms with Crippen LogP contribution in [0.1, 0.15) is 17.4 Å². The molecule has 0 unspecified atom stereocenters. The van der Waals surface area contributed by atoms with Crippen molar-refractivity contribution in [2.45, 2.75) is 37.3 Å². The summed E-state index contributed by atoms with van der Waals surface area (Å²) in [5, 5.41) is 11.0. The lowest BCUT2D eigenvalue weighted by Gasteiger charge is -2.31. The smallest absolute Gasteiger partial charge is 0.351 e. The number of rotatable bonds is 9. The van der Waals surface area contributed by atoms with Crippen molar-refractivity contribution in [2.24, 2.45) is 0 Å². The predicted octanol–water partition coefficient (Wildman–Crippen LogP) is 2.36. The van der Waals surface area contributed by atoms with Crippen LogP contribution < -0.4 is 11.4 Å². The minimum absolute atomic E-state index is 0.0440. The molecule has 10 heteroatoms. The average Bonchev–Trinajstić information content (AvgIpc) is 3.13. The molecular formula is C24H25F2N3O5. The molecule has 4 rings (SSSR count). The highest BCUT2D eigenvalue weighted by Crippen LogP contribution is 2.40. The number of benzene rings is 2. The van der Waals surface area contributed by atoms with E-state index in [0.717, 1.165) is 21.9 Å². The lowest BCUT2D eigenvalue weighted by molar-refractivity contribution is -0.165. The number of aliphatic hydroxyl groups is 1. The van der Waals surface area contributed by atoms with Gasteiger partial charge in [-0.15, -0.1) is 0 Å². The largest absolute Gasteiger partial charge is 0.386 e. The quantitative estimate of drug-likeness (QED) is 0.491. The van der Waals surface area contributed by atoms with Gasteiger partial charge in [-0.1, -0.05) is 60.7 Å². The van der Waals surface area contributed by atoms with Gasteiger partial charge in [-0.2, -0.15) is 4.98 Å². The van der Waals surface area contributed by atoms with Crippen molar-refractivity contribution in [3.05, 3.63) is 94.3 Å². The van der Waals surface area contributed by atoms with Gasteiger partial charge in [0.05, 0.1) is 26.0 Å². The van der Waals surface area contributed by atoms with Crippen LogP contribution in [0.2, 0.25) is 0 Å². The Hall–Kier alpha value is -3.18. The summed E-state index contributed by atoms with van der Waals surface area (Å²) in [5.74, 6) is -1.57. The van der Waals surface area contributed by atoms with E-state index in [1.165, 1.54) is 0 Å². The minimum Gasteiger partial charge on any atom is -0.386 e. The zero-order valence-corrected chi connectivity index (χ0v) is 18.2. The van der Waals surface area contributed by atoms with Crippen molar-refractivity contribution in [1.82, 2.24) is 9.55 Å². The average molecular weight is 473 g/mol. The molecule has 0 spiro atoms. The fourth-order valence-electron chi connectivity index (χ4n) is 3.89. The molecule has 0 bridgehead atoms. The number of alkyl halides is 1. The number of ether oxygens (including phenoxy) is 3. The summed E-state index contributed by atoms with van der Waals surface area (Å²) in [6.45, 7) is -1.17. The van der Waals surface area contributed by atoms with E-state index in [9.17, 15) is 18.7 Å². The molecule has 0 saturated carbocycles. The molecule has 2 aromatic carbocycles. The summed E-state index contributed by atoms with van der Waals surface area (Å²) in [6, 6.07) is 18.3. The molecule has 1 saturated heterocycles. The highest BCUT2D eigenvalue weighted by Gasteiger charge is 2.57. The van der Waals surface area contributed by atoms with E-state index in [2.05, 4.69) is 4.98 Å². The predicted molar refractivity (Wildman–Crippen MR) is 119 cm³/mol. The fourth-order valence-corrected chi connectivity index (χ4v) is 3.89. The number of nitrogens with two attached hydrogens (primary N) is 1. The normalized spacial score (nSPS) is 24.4. The third kappa shape index (κ3) is 5.00. The first-order valence-corrected chi connectivity index (χ1v) is 10.7. The number of hydrogen-bond donors (Lipinski definition) is 2. The van der Waals surface area contributed by atoms with Gasteiger partial charge in [0.1, 0.15) is 18.9 Å². The van der Waals surface area contributed by atoms with Crippen LogP contribution in [0.4, 0.5) is 14.6 Å².